The Kier molecular flexibility index (Phi) is 3.00. The summed E-state index contributed by atoms with van der Waals surface area (Å²) in [4.78, 5) is 14.6. The highest BCUT2D eigenvalue weighted by molar-refractivity contribution is 7.89. The predicted octanol–water partition coefficient (Wildman–Crippen LogP) is 1.51. The number of rotatable bonds is 2. The molecule has 0 spiro atoms. The molecular weight excluding hydrogens is 268 g/mol. The third kappa shape index (κ3) is 2.04. The molecular formula is C11H11N4O3S+. The lowest BCUT2D eigenvalue weighted by molar-refractivity contribution is 0.577. The number of hydrogen-bond acceptors (Lipinski definition) is 4. The molecule has 0 fully saturated rings. The van der Waals surface area contributed by atoms with Crippen LogP contribution in [0.3, 0.4) is 0 Å². The van der Waals surface area contributed by atoms with Gasteiger partial charge in [0.25, 0.3) is 10.0 Å². The average molecular weight is 279 g/mol. The summed E-state index contributed by atoms with van der Waals surface area (Å²) in [6, 6.07) is 6.07. The highest BCUT2D eigenvalue weighted by atomic mass is 32.2. The fourth-order valence-electron chi connectivity index (χ4n) is 1.62. The van der Waals surface area contributed by atoms with E-state index in [9.17, 15) is 13.2 Å². The van der Waals surface area contributed by atoms with Gasteiger partial charge in [-0.2, -0.15) is 8.42 Å². The SMILES string of the molecule is Cc1ccc(S(=O)(=O)n2[nH]c(C)c([N+]#N)c2=O)cc1. The monoisotopic (exact) mass is 279 g/mol. The van der Waals surface area contributed by atoms with Crippen molar-refractivity contribution in [3.05, 3.63) is 50.9 Å². The Morgan fingerprint density at radius 2 is 1.79 bits per heavy atom. The van der Waals surface area contributed by atoms with Gasteiger partial charge in [-0.25, -0.2) is 0 Å². The maximum absolute atomic E-state index is 12.3. The van der Waals surface area contributed by atoms with Crippen molar-refractivity contribution in [3.63, 3.8) is 0 Å². The molecule has 0 unspecified atom stereocenters. The molecule has 1 N–H and O–H groups in total. The fourth-order valence-corrected chi connectivity index (χ4v) is 2.87. The van der Waals surface area contributed by atoms with Crippen LogP contribution < -0.4 is 5.56 Å². The molecule has 19 heavy (non-hydrogen) atoms. The maximum atomic E-state index is 12.3. The number of hydrogen-bond donors (Lipinski definition) is 1. The van der Waals surface area contributed by atoms with Crippen LogP contribution in [0.25, 0.3) is 4.98 Å². The summed E-state index contributed by atoms with van der Waals surface area (Å²) in [5, 5.41) is 11.1. The molecule has 0 bridgehead atoms. The van der Waals surface area contributed by atoms with Crippen LogP contribution >= 0.6 is 0 Å². The van der Waals surface area contributed by atoms with Crippen molar-refractivity contribution in [2.75, 3.05) is 0 Å². The first-order valence-electron chi connectivity index (χ1n) is 5.37. The van der Waals surface area contributed by atoms with E-state index in [2.05, 4.69) is 10.1 Å². The second kappa shape index (κ2) is 4.37. The van der Waals surface area contributed by atoms with Gasteiger partial charge in [0.1, 0.15) is 5.69 Å². The molecule has 0 aliphatic heterocycles. The van der Waals surface area contributed by atoms with Gasteiger partial charge >= 0.3 is 11.2 Å². The van der Waals surface area contributed by atoms with Gasteiger partial charge in [-0.3, -0.25) is 9.89 Å². The van der Waals surface area contributed by atoms with Crippen LogP contribution in [0.2, 0.25) is 0 Å². The summed E-state index contributed by atoms with van der Waals surface area (Å²) >= 11 is 0. The van der Waals surface area contributed by atoms with Gasteiger partial charge in [-0.05, 0) is 26.0 Å². The zero-order valence-corrected chi connectivity index (χ0v) is 11.1. The molecule has 0 saturated heterocycles. The van der Waals surface area contributed by atoms with E-state index < -0.39 is 15.6 Å². The summed E-state index contributed by atoms with van der Waals surface area (Å²) in [5.41, 5.74) is -0.167. The van der Waals surface area contributed by atoms with Gasteiger partial charge in [0.05, 0.1) is 4.90 Å². The summed E-state index contributed by atoms with van der Waals surface area (Å²) in [6.07, 6.45) is 0. The van der Waals surface area contributed by atoms with Crippen LogP contribution in [0.1, 0.15) is 11.3 Å². The minimum absolute atomic E-state index is 0.0223. The largest absolute Gasteiger partial charge is 0.471 e. The molecule has 2 aromatic rings. The van der Waals surface area contributed by atoms with E-state index in [4.69, 9.17) is 5.39 Å². The van der Waals surface area contributed by atoms with Crippen molar-refractivity contribution in [1.82, 2.24) is 9.19 Å². The Balaban J connectivity index is 2.68. The molecule has 1 aromatic heterocycles. The minimum atomic E-state index is -4.02. The van der Waals surface area contributed by atoms with Crippen molar-refractivity contribution < 1.29 is 8.42 Å². The lowest BCUT2D eigenvalue weighted by Gasteiger charge is -2.03. The van der Waals surface area contributed by atoms with Crippen LogP contribution in [-0.2, 0) is 10.0 Å². The lowest BCUT2D eigenvalue weighted by Crippen LogP contribution is -2.25. The van der Waals surface area contributed by atoms with E-state index in [-0.39, 0.29) is 16.3 Å². The first kappa shape index (κ1) is 13.0. The number of aromatic nitrogens is 2. The highest BCUT2D eigenvalue weighted by Crippen LogP contribution is 2.16. The quantitative estimate of drug-likeness (QED) is 0.842. The number of aryl methyl sites for hydroxylation is 2. The summed E-state index contributed by atoms with van der Waals surface area (Å²) in [6.45, 7) is 3.27. The van der Waals surface area contributed by atoms with Gasteiger partial charge < -0.3 is 0 Å². The molecule has 1 heterocycles. The molecule has 0 radical (unpaired) electrons. The molecule has 0 aliphatic carbocycles. The molecule has 0 amide bonds. The summed E-state index contributed by atoms with van der Waals surface area (Å²) in [7, 11) is -4.02. The maximum Gasteiger partial charge on any atom is 0.471 e. The van der Waals surface area contributed by atoms with Gasteiger partial charge in [0.15, 0.2) is 4.98 Å². The highest BCUT2D eigenvalue weighted by Gasteiger charge is 2.29. The van der Waals surface area contributed by atoms with Gasteiger partial charge in [0, 0.05) is 0 Å². The van der Waals surface area contributed by atoms with E-state index in [0.717, 1.165) is 5.56 Å². The zero-order valence-electron chi connectivity index (χ0n) is 10.3. The van der Waals surface area contributed by atoms with E-state index in [0.29, 0.717) is 4.09 Å². The molecule has 98 valence electrons. The number of diazo groups is 1. The normalized spacial score (nSPS) is 11.2. The molecule has 0 saturated carbocycles. The van der Waals surface area contributed by atoms with Gasteiger partial charge in [-0.1, -0.05) is 17.7 Å². The Bertz CT molecular complexity index is 822. The standard InChI is InChI=1S/C11H10N4O3S/c1-7-3-5-9(6-4-7)19(17,18)15-11(16)10(13-12)8(2)14-15/h3-6H,1-2H3/p+1. The zero-order chi connectivity index (χ0) is 14.2. The Hall–Kier alpha value is -2.40. The fraction of sp³-hybridized carbons (Fsp3) is 0.182. The summed E-state index contributed by atoms with van der Waals surface area (Å²) < 4.78 is 25.0. The van der Waals surface area contributed by atoms with E-state index >= 15 is 0 Å². The molecule has 8 heteroatoms. The molecule has 1 aromatic carbocycles. The number of benzene rings is 1. The van der Waals surface area contributed by atoms with Crippen LogP contribution in [-0.4, -0.2) is 17.6 Å². The smallest absolute Gasteiger partial charge is 0.277 e. The van der Waals surface area contributed by atoms with Crippen LogP contribution in [0.15, 0.2) is 34.0 Å². The molecule has 7 nitrogen and oxygen atoms in total. The third-order valence-electron chi connectivity index (χ3n) is 2.67. The first-order chi connectivity index (χ1) is 8.87. The van der Waals surface area contributed by atoms with Crippen molar-refractivity contribution in [2.45, 2.75) is 18.7 Å². The van der Waals surface area contributed by atoms with E-state index in [1.165, 1.54) is 19.1 Å². The van der Waals surface area contributed by atoms with E-state index in [1.54, 1.807) is 12.1 Å². The van der Waals surface area contributed by atoms with E-state index in [1.807, 2.05) is 6.92 Å². The molecule has 2 rings (SSSR count). The van der Waals surface area contributed by atoms with Crippen LogP contribution in [0, 0.1) is 19.2 Å². The summed E-state index contributed by atoms with van der Waals surface area (Å²) in [5.74, 6) is 0. The van der Waals surface area contributed by atoms with Crippen molar-refractivity contribution in [1.29, 1.82) is 5.39 Å². The minimum Gasteiger partial charge on any atom is -0.277 e. The second-order valence-electron chi connectivity index (χ2n) is 4.07. The Labute approximate surface area is 109 Å². The topological polar surface area (TPSA) is 100 Å². The third-order valence-corrected chi connectivity index (χ3v) is 4.28. The average Bonchev–Trinajstić information content (AvgIpc) is 2.65. The number of aromatic amines is 1. The Morgan fingerprint density at radius 1 is 1.21 bits per heavy atom. The number of nitrogens with zero attached hydrogens (tertiary/aromatic N) is 3. The second-order valence-corrected chi connectivity index (χ2v) is 5.86. The van der Waals surface area contributed by atoms with Crippen molar-refractivity contribution in [3.8, 4) is 0 Å². The Morgan fingerprint density at radius 3 is 2.26 bits per heavy atom. The molecule has 0 atom stereocenters. The van der Waals surface area contributed by atoms with Crippen LogP contribution in [0.4, 0.5) is 5.69 Å². The first-order valence-corrected chi connectivity index (χ1v) is 6.81. The van der Waals surface area contributed by atoms with Gasteiger partial charge in [-0.15, -0.1) is 4.09 Å². The predicted molar refractivity (Wildman–Crippen MR) is 68.3 cm³/mol. The van der Waals surface area contributed by atoms with Crippen molar-refractivity contribution >= 4 is 15.7 Å². The number of nitrogens with one attached hydrogen (secondary N) is 1. The van der Waals surface area contributed by atoms with Crippen LogP contribution in [0.5, 0.6) is 0 Å². The number of H-pyrrole nitrogens is 1. The van der Waals surface area contributed by atoms with Gasteiger partial charge in [0.2, 0.25) is 5.39 Å². The lowest BCUT2D eigenvalue weighted by atomic mass is 10.2. The molecule has 0 aliphatic rings. The van der Waals surface area contributed by atoms with Crippen molar-refractivity contribution in [2.24, 2.45) is 0 Å².